The van der Waals surface area contributed by atoms with Crippen molar-refractivity contribution in [1.82, 2.24) is 15.6 Å². The number of hydrogen-bond donors (Lipinski definition) is 4. The Labute approximate surface area is 180 Å². The molecule has 1 aromatic carbocycles. The highest BCUT2D eigenvalue weighted by atomic mass is 32.2. The van der Waals surface area contributed by atoms with Gasteiger partial charge in [-0.3, -0.25) is 20.2 Å². The molecular formula is C17H22N7O6S+. The van der Waals surface area contributed by atoms with E-state index in [1.165, 1.54) is 40.9 Å². The second-order valence-electron chi connectivity index (χ2n) is 7.61. The number of esters is 1. The number of fused-ring (bicyclic) bond motifs is 1. The number of carbonyl (C=O) groups is 3. The summed E-state index contributed by atoms with van der Waals surface area (Å²) in [6.07, 6.45) is 0. The van der Waals surface area contributed by atoms with Gasteiger partial charge in [0.2, 0.25) is 5.91 Å². The van der Waals surface area contributed by atoms with Crippen LogP contribution >= 0.6 is 11.8 Å². The van der Waals surface area contributed by atoms with E-state index in [1.807, 2.05) is 0 Å². The fraction of sp³-hybridized carbons (Fsp3) is 0.471. The number of nitro groups is 1. The highest BCUT2D eigenvalue weighted by Gasteiger charge is 2.72. The van der Waals surface area contributed by atoms with E-state index >= 15 is 0 Å². The van der Waals surface area contributed by atoms with Crippen molar-refractivity contribution in [2.75, 3.05) is 26.3 Å². The Morgan fingerprint density at radius 1 is 1.42 bits per heavy atom. The third-order valence-corrected chi connectivity index (χ3v) is 7.61. The SMILES string of the molecule is NC(=O)N[N+]1([C@]2(C(=O)OCc3ccc([N+](=O)[O-])cc3)CN3C(=O)[C@@H](N)[C@H]3S2)CCNC1. The number of ether oxygens (including phenoxy) is 1. The number of carbonyl (C=O) groups excluding carboxylic acids is 3. The van der Waals surface area contributed by atoms with Crippen LogP contribution in [0.3, 0.4) is 0 Å². The number of primary amides is 1. The molecule has 4 atom stereocenters. The minimum atomic E-state index is -1.37. The van der Waals surface area contributed by atoms with E-state index in [9.17, 15) is 24.5 Å². The first-order chi connectivity index (χ1) is 14.7. The summed E-state index contributed by atoms with van der Waals surface area (Å²) in [6, 6.07) is 4.08. The lowest BCUT2D eigenvalue weighted by atomic mass is 10.1. The lowest BCUT2D eigenvalue weighted by Crippen LogP contribution is -2.75. The molecule has 166 valence electrons. The Morgan fingerprint density at radius 3 is 2.68 bits per heavy atom. The molecule has 31 heavy (non-hydrogen) atoms. The molecule has 0 aromatic heterocycles. The number of nitrogens with zero attached hydrogens (tertiary/aromatic N) is 3. The molecule has 0 aliphatic carbocycles. The van der Waals surface area contributed by atoms with Crippen LogP contribution in [-0.4, -0.2) is 74.9 Å². The van der Waals surface area contributed by atoms with Crippen LogP contribution in [0, 0.1) is 10.1 Å². The van der Waals surface area contributed by atoms with Crippen molar-refractivity contribution in [3.05, 3.63) is 39.9 Å². The zero-order valence-corrected chi connectivity index (χ0v) is 17.2. The lowest BCUT2D eigenvalue weighted by Gasteiger charge is -2.43. The molecule has 4 rings (SSSR count). The molecule has 3 fully saturated rings. The summed E-state index contributed by atoms with van der Waals surface area (Å²) in [7, 11) is 0. The topological polar surface area (TPSA) is 183 Å². The Hall–Kier alpha value is -2.94. The standard InChI is InChI=1S/C17H21N7O6S/c18-12-13(25)22-8-17(31-14(12)22,24(21-16(19)27)6-5-20-9-24)15(26)30-7-10-1-3-11(4-2-10)23(28)29/h1-4,12,14,20H,5-9,18H2,(H2-,19,21,27)/p+1/t12-,14-,17-,24?/m1/s1. The van der Waals surface area contributed by atoms with Gasteiger partial charge in [0, 0.05) is 12.1 Å². The molecule has 3 heterocycles. The van der Waals surface area contributed by atoms with Gasteiger partial charge in [-0.1, -0.05) is 11.8 Å². The molecule has 13 nitrogen and oxygen atoms in total. The predicted octanol–water partition coefficient (Wildman–Crippen LogP) is -1.46. The number of thioether (sulfide) groups is 1. The molecular weight excluding hydrogens is 430 g/mol. The van der Waals surface area contributed by atoms with Crippen molar-refractivity contribution in [2.45, 2.75) is 22.9 Å². The zero-order valence-electron chi connectivity index (χ0n) is 16.4. The van der Waals surface area contributed by atoms with Crippen LogP contribution in [0.5, 0.6) is 0 Å². The van der Waals surface area contributed by atoms with E-state index in [4.69, 9.17) is 16.2 Å². The number of rotatable bonds is 6. The number of nitrogens with one attached hydrogen (secondary N) is 2. The predicted molar refractivity (Wildman–Crippen MR) is 107 cm³/mol. The van der Waals surface area contributed by atoms with Gasteiger partial charge in [-0.25, -0.2) is 9.59 Å². The number of nitrogens with two attached hydrogens (primary N) is 2. The summed E-state index contributed by atoms with van der Waals surface area (Å²) >= 11 is 1.19. The van der Waals surface area contributed by atoms with Crippen LogP contribution < -0.4 is 22.2 Å². The van der Waals surface area contributed by atoms with Gasteiger partial charge >= 0.3 is 12.0 Å². The molecule has 3 aliphatic heterocycles. The minimum Gasteiger partial charge on any atom is -0.455 e. The number of quaternary nitrogens is 1. The van der Waals surface area contributed by atoms with Crippen molar-refractivity contribution < 1.29 is 28.6 Å². The highest BCUT2D eigenvalue weighted by Crippen LogP contribution is 2.51. The molecule has 0 radical (unpaired) electrons. The van der Waals surface area contributed by atoms with E-state index in [0.29, 0.717) is 18.7 Å². The zero-order chi connectivity index (χ0) is 22.4. The van der Waals surface area contributed by atoms with E-state index in [0.717, 1.165) is 0 Å². The maximum absolute atomic E-state index is 13.5. The minimum absolute atomic E-state index is 0.00984. The van der Waals surface area contributed by atoms with Gasteiger partial charge in [-0.15, -0.1) is 0 Å². The maximum atomic E-state index is 13.5. The monoisotopic (exact) mass is 452 g/mol. The summed E-state index contributed by atoms with van der Waals surface area (Å²) in [5.41, 5.74) is 14.5. The number of β-lactam (4-membered cyclic amide) rings is 1. The molecule has 3 amide bonds. The third kappa shape index (κ3) is 3.37. The maximum Gasteiger partial charge on any atom is 0.384 e. The number of hydrogen-bond acceptors (Lipinski definition) is 9. The smallest absolute Gasteiger partial charge is 0.384 e. The number of amides is 3. The summed E-state index contributed by atoms with van der Waals surface area (Å²) in [6.45, 7) is 0.964. The summed E-state index contributed by atoms with van der Waals surface area (Å²) < 4.78 is 5.36. The van der Waals surface area contributed by atoms with Gasteiger partial charge in [0.1, 0.15) is 31.1 Å². The van der Waals surface area contributed by atoms with Crippen LogP contribution in [0.25, 0.3) is 0 Å². The first kappa shape index (κ1) is 21.3. The molecule has 6 N–H and O–H groups in total. The average molecular weight is 452 g/mol. The van der Waals surface area contributed by atoms with E-state index < -0.39 is 33.2 Å². The van der Waals surface area contributed by atoms with Crippen LogP contribution in [0.15, 0.2) is 24.3 Å². The average Bonchev–Trinajstić information content (AvgIpc) is 3.36. The first-order valence-electron chi connectivity index (χ1n) is 9.49. The third-order valence-electron chi connectivity index (χ3n) is 5.79. The fourth-order valence-corrected chi connectivity index (χ4v) is 5.89. The number of urea groups is 1. The van der Waals surface area contributed by atoms with Crippen LogP contribution in [0.1, 0.15) is 5.56 Å². The second-order valence-corrected chi connectivity index (χ2v) is 9.00. The van der Waals surface area contributed by atoms with E-state index in [1.54, 1.807) is 0 Å². The number of benzene rings is 1. The van der Waals surface area contributed by atoms with Crippen LogP contribution in [-0.2, 0) is 20.9 Å². The quantitative estimate of drug-likeness (QED) is 0.132. The Morgan fingerprint density at radius 2 is 2.13 bits per heavy atom. The van der Waals surface area contributed by atoms with Gasteiger partial charge in [0.05, 0.1) is 11.5 Å². The molecule has 14 heteroatoms. The van der Waals surface area contributed by atoms with E-state index in [-0.39, 0.29) is 36.0 Å². The van der Waals surface area contributed by atoms with Crippen molar-refractivity contribution in [3.8, 4) is 0 Å². The molecule has 0 saturated carbocycles. The Bertz CT molecular complexity index is 937. The normalized spacial score (nSPS) is 31.6. The fourth-order valence-electron chi connectivity index (χ4n) is 4.15. The molecule has 0 spiro atoms. The van der Waals surface area contributed by atoms with Gasteiger partial charge in [-0.05, 0) is 17.7 Å². The first-order valence-corrected chi connectivity index (χ1v) is 10.4. The van der Waals surface area contributed by atoms with E-state index in [2.05, 4.69) is 10.7 Å². The number of nitro benzene ring substituents is 1. The van der Waals surface area contributed by atoms with Gasteiger partial charge in [0.25, 0.3) is 10.6 Å². The van der Waals surface area contributed by atoms with Crippen molar-refractivity contribution in [2.24, 2.45) is 11.5 Å². The summed E-state index contributed by atoms with van der Waals surface area (Å²) in [4.78, 5) is 47.9. The van der Waals surface area contributed by atoms with Crippen molar-refractivity contribution in [1.29, 1.82) is 0 Å². The van der Waals surface area contributed by atoms with Crippen LogP contribution in [0.2, 0.25) is 0 Å². The molecule has 3 saturated heterocycles. The van der Waals surface area contributed by atoms with Gasteiger partial charge < -0.3 is 21.1 Å². The highest BCUT2D eigenvalue weighted by molar-refractivity contribution is 8.02. The molecule has 3 aliphatic rings. The van der Waals surface area contributed by atoms with Gasteiger partial charge in [-0.2, -0.15) is 10.0 Å². The number of non-ortho nitro benzene ring substituents is 1. The lowest BCUT2D eigenvalue weighted by molar-refractivity contribution is -0.973. The summed E-state index contributed by atoms with van der Waals surface area (Å²) in [5.74, 6) is -0.908. The Kier molecular flexibility index (Phi) is 5.25. The molecule has 1 aromatic rings. The molecule has 0 bridgehead atoms. The van der Waals surface area contributed by atoms with Gasteiger partial charge in [0.15, 0.2) is 6.67 Å². The van der Waals surface area contributed by atoms with Crippen LogP contribution in [0.4, 0.5) is 10.5 Å². The molecule has 1 unspecified atom stereocenters. The Balaban J connectivity index is 1.60. The largest absolute Gasteiger partial charge is 0.455 e. The second kappa shape index (κ2) is 7.64. The summed E-state index contributed by atoms with van der Waals surface area (Å²) in [5, 5.41) is 13.5. The van der Waals surface area contributed by atoms with Crippen molar-refractivity contribution >= 4 is 35.4 Å². The van der Waals surface area contributed by atoms with Crippen molar-refractivity contribution in [3.63, 3.8) is 0 Å².